The molecule has 0 bridgehead atoms. The van der Waals surface area contributed by atoms with Gasteiger partial charge in [-0.25, -0.2) is 0 Å². The van der Waals surface area contributed by atoms with Crippen LogP contribution in [-0.4, -0.2) is 29.0 Å². The van der Waals surface area contributed by atoms with Crippen LogP contribution in [0.4, 0.5) is 0 Å². The number of nitrogens with one attached hydrogen (secondary N) is 1. The molecule has 0 aliphatic heterocycles. The van der Waals surface area contributed by atoms with Crippen molar-refractivity contribution in [2.24, 2.45) is 0 Å². The van der Waals surface area contributed by atoms with Crippen molar-refractivity contribution in [3.63, 3.8) is 0 Å². The average Bonchev–Trinajstić information content (AvgIpc) is 2.30. The van der Waals surface area contributed by atoms with Gasteiger partial charge in [0.25, 0.3) is 0 Å². The molecule has 0 aromatic heterocycles. The van der Waals surface area contributed by atoms with Crippen molar-refractivity contribution in [1.29, 1.82) is 0 Å². The fourth-order valence-corrected chi connectivity index (χ4v) is 1.57. The zero-order valence-electron chi connectivity index (χ0n) is 9.49. The van der Waals surface area contributed by atoms with Crippen LogP contribution < -0.4 is 5.32 Å². The van der Waals surface area contributed by atoms with Crippen LogP contribution in [0.3, 0.4) is 0 Å². The second-order valence-corrected chi connectivity index (χ2v) is 4.93. The number of alkyl halides is 1. The van der Waals surface area contributed by atoms with Crippen LogP contribution in [0.2, 0.25) is 5.02 Å². The van der Waals surface area contributed by atoms with Crippen molar-refractivity contribution >= 4 is 29.1 Å². The molecule has 1 rings (SSSR count). The van der Waals surface area contributed by atoms with E-state index in [4.69, 9.17) is 23.2 Å². The topological polar surface area (TPSA) is 49.3 Å². The van der Waals surface area contributed by atoms with Gasteiger partial charge in [-0.05, 0) is 31.0 Å². The molecule has 2 N–H and O–H groups in total. The molecule has 2 unspecified atom stereocenters. The summed E-state index contributed by atoms with van der Waals surface area (Å²) in [6.07, 6.45) is 0.545. The van der Waals surface area contributed by atoms with Gasteiger partial charge in [0.15, 0.2) is 0 Å². The summed E-state index contributed by atoms with van der Waals surface area (Å²) in [5.41, 5.74) is 0.996. The SMILES string of the molecule is CC(Cl)C(=O)NC(CO)Cc1ccc(Cl)cc1. The Bertz CT molecular complexity index is 365. The van der Waals surface area contributed by atoms with Crippen molar-refractivity contribution in [1.82, 2.24) is 5.32 Å². The summed E-state index contributed by atoms with van der Waals surface area (Å²) in [7, 11) is 0. The number of amides is 1. The highest BCUT2D eigenvalue weighted by molar-refractivity contribution is 6.30. The van der Waals surface area contributed by atoms with E-state index in [1.165, 1.54) is 0 Å². The van der Waals surface area contributed by atoms with Gasteiger partial charge in [0.1, 0.15) is 5.38 Å². The Kier molecular flexibility index (Phi) is 5.75. The molecule has 0 spiro atoms. The van der Waals surface area contributed by atoms with E-state index in [0.29, 0.717) is 11.4 Å². The lowest BCUT2D eigenvalue weighted by atomic mass is 10.1. The van der Waals surface area contributed by atoms with E-state index in [2.05, 4.69) is 5.32 Å². The van der Waals surface area contributed by atoms with Crippen molar-refractivity contribution < 1.29 is 9.90 Å². The van der Waals surface area contributed by atoms with Crippen molar-refractivity contribution in [2.75, 3.05) is 6.61 Å². The first-order valence-corrected chi connectivity index (χ1v) is 6.14. The maximum atomic E-state index is 11.4. The van der Waals surface area contributed by atoms with Crippen molar-refractivity contribution in [3.8, 4) is 0 Å². The molecule has 3 nitrogen and oxygen atoms in total. The number of hydrogen-bond donors (Lipinski definition) is 2. The van der Waals surface area contributed by atoms with Gasteiger partial charge in [0.2, 0.25) is 5.91 Å². The quantitative estimate of drug-likeness (QED) is 0.808. The third-order valence-electron chi connectivity index (χ3n) is 2.32. The minimum Gasteiger partial charge on any atom is -0.394 e. The van der Waals surface area contributed by atoms with Crippen LogP contribution in [0.15, 0.2) is 24.3 Å². The molecule has 0 radical (unpaired) electrons. The van der Waals surface area contributed by atoms with E-state index < -0.39 is 5.38 Å². The Hall–Kier alpha value is -0.770. The number of rotatable bonds is 5. The van der Waals surface area contributed by atoms with Crippen LogP contribution in [0.1, 0.15) is 12.5 Å². The number of benzene rings is 1. The van der Waals surface area contributed by atoms with Crippen LogP contribution in [0.25, 0.3) is 0 Å². The normalized spacial score (nSPS) is 14.1. The van der Waals surface area contributed by atoms with Gasteiger partial charge < -0.3 is 10.4 Å². The van der Waals surface area contributed by atoms with Crippen LogP contribution in [0.5, 0.6) is 0 Å². The molecular formula is C12H15Cl2NO2. The summed E-state index contributed by atoms with van der Waals surface area (Å²) in [6, 6.07) is 6.95. The largest absolute Gasteiger partial charge is 0.394 e. The lowest BCUT2D eigenvalue weighted by molar-refractivity contribution is -0.121. The minimum absolute atomic E-state index is 0.127. The summed E-state index contributed by atoms with van der Waals surface area (Å²) in [6.45, 7) is 1.46. The third-order valence-corrected chi connectivity index (χ3v) is 2.77. The van der Waals surface area contributed by atoms with E-state index in [1.54, 1.807) is 19.1 Å². The first kappa shape index (κ1) is 14.3. The molecule has 0 heterocycles. The van der Waals surface area contributed by atoms with Gasteiger partial charge in [0, 0.05) is 5.02 Å². The number of aliphatic hydroxyl groups excluding tert-OH is 1. The van der Waals surface area contributed by atoms with Crippen LogP contribution in [-0.2, 0) is 11.2 Å². The first-order chi connectivity index (χ1) is 8.02. The lowest BCUT2D eigenvalue weighted by Gasteiger charge is -2.17. The molecule has 5 heteroatoms. The Morgan fingerprint density at radius 2 is 2.00 bits per heavy atom. The fourth-order valence-electron chi connectivity index (χ4n) is 1.38. The number of hydrogen-bond acceptors (Lipinski definition) is 2. The van der Waals surface area contributed by atoms with Gasteiger partial charge in [-0.2, -0.15) is 0 Å². The van der Waals surface area contributed by atoms with Crippen molar-refractivity contribution in [3.05, 3.63) is 34.9 Å². The second-order valence-electron chi connectivity index (χ2n) is 3.83. The Morgan fingerprint density at radius 1 is 1.41 bits per heavy atom. The lowest BCUT2D eigenvalue weighted by Crippen LogP contribution is -2.42. The third kappa shape index (κ3) is 4.94. The minimum atomic E-state index is -0.603. The molecule has 94 valence electrons. The molecule has 1 amide bonds. The highest BCUT2D eigenvalue weighted by Crippen LogP contribution is 2.11. The van der Waals surface area contributed by atoms with Crippen molar-refractivity contribution in [2.45, 2.75) is 24.8 Å². The first-order valence-electron chi connectivity index (χ1n) is 5.32. The summed E-state index contributed by atoms with van der Waals surface area (Å²) in [4.78, 5) is 11.4. The number of aliphatic hydroxyl groups is 1. The predicted octanol–water partition coefficient (Wildman–Crippen LogP) is 1.99. The van der Waals surface area contributed by atoms with Gasteiger partial charge in [-0.1, -0.05) is 23.7 Å². The number of halogens is 2. The fraction of sp³-hybridized carbons (Fsp3) is 0.417. The number of carbonyl (C=O) groups is 1. The summed E-state index contributed by atoms with van der Waals surface area (Å²) >= 11 is 11.4. The molecule has 1 aromatic carbocycles. The maximum absolute atomic E-state index is 11.4. The zero-order chi connectivity index (χ0) is 12.8. The highest BCUT2D eigenvalue weighted by atomic mass is 35.5. The monoisotopic (exact) mass is 275 g/mol. The molecule has 2 atom stereocenters. The standard InChI is InChI=1S/C12H15Cl2NO2/c1-8(13)12(17)15-11(7-16)6-9-2-4-10(14)5-3-9/h2-5,8,11,16H,6-7H2,1H3,(H,15,17). The van der Waals surface area contributed by atoms with E-state index in [0.717, 1.165) is 5.56 Å². The highest BCUT2D eigenvalue weighted by Gasteiger charge is 2.15. The molecule has 0 fully saturated rings. The number of carbonyl (C=O) groups excluding carboxylic acids is 1. The second kappa shape index (κ2) is 6.84. The zero-order valence-corrected chi connectivity index (χ0v) is 11.0. The van der Waals surface area contributed by atoms with Gasteiger partial charge in [0.05, 0.1) is 12.6 Å². The predicted molar refractivity (Wildman–Crippen MR) is 69.5 cm³/mol. The maximum Gasteiger partial charge on any atom is 0.238 e. The van der Waals surface area contributed by atoms with E-state index in [1.807, 2.05) is 12.1 Å². The summed E-state index contributed by atoms with van der Waals surface area (Å²) in [5, 5.41) is 11.9. The molecule has 0 saturated heterocycles. The molecule has 0 aliphatic carbocycles. The molecule has 0 saturated carbocycles. The molecule has 0 aliphatic rings. The Labute approximate surface area is 111 Å². The molecule has 17 heavy (non-hydrogen) atoms. The van der Waals surface area contributed by atoms with Crippen LogP contribution in [0, 0.1) is 0 Å². The summed E-state index contributed by atoms with van der Waals surface area (Å²) in [5.74, 6) is -0.278. The average molecular weight is 276 g/mol. The Morgan fingerprint density at radius 3 is 2.47 bits per heavy atom. The molecule has 1 aromatic rings. The smallest absolute Gasteiger partial charge is 0.238 e. The van der Waals surface area contributed by atoms with E-state index in [-0.39, 0.29) is 18.6 Å². The molecular weight excluding hydrogens is 261 g/mol. The summed E-state index contributed by atoms with van der Waals surface area (Å²) < 4.78 is 0. The van der Waals surface area contributed by atoms with E-state index in [9.17, 15) is 9.90 Å². The van der Waals surface area contributed by atoms with Crippen LogP contribution >= 0.6 is 23.2 Å². The van der Waals surface area contributed by atoms with E-state index >= 15 is 0 Å². The Balaban J connectivity index is 2.57. The van der Waals surface area contributed by atoms with Gasteiger partial charge in [-0.15, -0.1) is 11.6 Å². The van der Waals surface area contributed by atoms with Gasteiger partial charge in [-0.3, -0.25) is 4.79 Å². The van der Waals surface area contributed by atoms with Gasteiger partial charge >= 0.3 is 0 Å².